The van der Waals surface area contributed by atoms with Crippen LogP contribution in [0.5, 0.6) is 0 Å². The number of hydrogen-bond acceptors (Lipinski definition) is 2. The van der Waals surface area contributed by atoms with Gasteiger partial charge in [-0.3, -0.25) is 9.59 Å². The fraction of sp³-hybridized carbons (Fsp3) is 0.818. The van der Waals surface area contributed by atoms with Crippen molar-refractivity contribution in [3.63, 3.8) is 0 Å². The molecule has 0 atom stereocenters. The van der Waals surface area contributed by atoms with E-state index < -0.39 is 0 Å². The van der Waals surface area contributed by atoms with E-state index in [4.69, 9.17) is 11.6 Å². The van der Waals surface area contributed by atoms with Crippen LogP contribution in [0.25, 0.3) is 0 Å². The van der Waals surface area contributed by atoms with Gasteiger partial charge in [-0.15, -0.1) is 11.6 Å². The van der Waals surface area contributed by atoms with Crippen molar-refractivity contribution in [2.45, 2.75) is 45.6 Å². The van der Waals surface area contributed by atoms with E-state index in [2.05, 4.69) is 10.6 Å². The maximum absolute atomic E-state index is 11.4. The summed E-state index contributed by atoms with van der Waals surface area (Å²) in [7, 11) is 0. The number of carbonyl (C=O) groups is 2. The molecule has 0 aliphatic heterocycles. The number of carbonyl (C=O) groups excluding carboxylic acids is 2. The second-order valence-corrected chi connectivity index (χ2v) is 5.07. The molecular weight excluding hydrogens is 228 g/mol. The highest BCUT2D eigenvalue weighted by molar-refractivity contribution is 6.17. The first-order chi connectivity index (χ1) is 7.35. The van der Waals surface area contributed by atoms with Crippen LogP contribution in [0, 0.1) is 0 Å². The molecular formula is C11H21ClN2O2. The van der Waals surface area contributed by atoms with Crippen molar-refractivity contribution in [1.29, 1.82) is 0 Å². The Balaban J connectivity index is 3.58. The molecule has 94 valence electrons. The Labute approximate surface area is 102 Å². The van der Waals surface area contributed by atoms with Gasteiger partial charge >= 0.3 is 0 Å². The smallest absolute Gasteiger partial charge is 0.222 e. The SMILES string of the molecule is CC(C)(C)NC(=O)CCNC(=O)CCCCl. The highest BCUT2D eigenvalue weighted by atomic mass is 35.5. The third-order valence-electron chi connectivity index (χ3n) is 1.73. The summed E-state index contributed by atoms with van der Waals surface area (Å²) in [5.74, 6) is 0.382. The molecule has 0 fully saturated rings. The molecule has 0 saturated heterocycles. The van der Waals surface area contributed by atoms with Gasteiger partial charge < -0.3 is 10.6 Å². The third-order valence-corrected chi connectivity index (χ3v) is 1.99. The molecule has 0 aromatic carbocycles. The molecule has 0 aromatic rings. The maximum atomic E-state index is 11.4. The summed E-state index contributed by atoms with van der Waals surface area (Å²) in [6.45, 7) is 6.14. The molecule has 0 aliphatic rings. The molecule has 0 heterocycles. The molecule has 0 saturated carbocycles. The van der Waals surface area contributed by atoms with Gasteiger partial charge in [-0.1, -0.05) is 0 Å². The molecule has 5 heteroatoms. The molecule has 0 rings (SSSR count). The minimum Gasteiger partial charge on any atom is -0.356 e. The zero-order valence-electron chi connectivity index (χ0n) is 10.2. The normalized spacial score (nSPS) is 11.0. The largest absolute Gasteiger partial charge is 0.356 e. The summed E-state index contributed by atoms with van der Waals surface area (Å²) in [5, 5.41) is 5.50. The lowest BCUT2D eigenvalue weighted by atomic mass is 10.1. The Morgan fingerprint density at radius 1 is 1.12 bits per heavy atom. The van der Waals surface area contributed by atoms with Gasteiger partial charge in [0.2, 0.25) is 11.8 Å². The molecule has 2 amide bonds. The Kier molecular flexibility index (Phi) is 7.13. The standard InChI is InChI=1S/C11H21ClN2O2/c1-11(2,3)14-10(16)6-8-13-9(15)5-4-7-12/h4-8H2,1-3H3,(H,13,15)(H,14,16). The van der Waals surface area contributed by atoms with E-state index in [1.165, 1.54) is 0 Å². The summed E-state index contributed by atoms with van der Waals surface area (Å²) >= 11 is 5.46. The zero-order chi connectivity index (χ0) is 12.6. The number of alkyl halides is 1. The minimum atomic E-state index is -0.223. The summed E-state index contributed by atoms with van der Waals surface area (Å²) in [6.07, 6.45) is 1.40. The lowest BCUT2D eigenvalue weighted by molar-refractivity contribution is -0.123. The average Bonchev–Trinajstić information content (AvgIpc) is 2.11. The molecule has 2 N–H and O–H groups in total. The highest BCUT2D eigenvalue weighted by Gasteiger charge is 2.13. The van der Waals surface area contributed by atoms with Crippen molar-refractivity contribution >= 4 is 23.4 Å². The summed E-state index contributed by atoms with van der Waals surface area (Å²) in [5.41, 5.74) is -0.223. The van der Waals surface area contributed by atoms with Crippen molar-refractivity contribution in [1.82, 2.24) is 10.6 Å². The number of hydrogen-bond donors (Lipinski definition) is 2. The number of halogens is 1. The van der Waals surface area contributed by atoms with Gasteiger partial charge in [0.25, 0.3) is 0 Å². The quantitative estimate of drug-likeness (QED) is 0.699. The van der Waals surface area contributed by atoms with Gasteiger partial charge in [-0.05, 0) is 27.2 Å². The van der Waals surface area contributed by atoms with Crippen molar-refractivity contribution in [2.24, 2.45) is 0 Å². The predicted octanol–water partition coefficient (Wildman–Crippen LogP) is 1.43. The average molecular weight is 249 g/mol. The van der Waals surface area contributed by atoms with E-state index in [1.54, 1.807) is 0 Å². The monoisotopic (exact) mass is 248 g/mol. The summed E-state index contributed by atoms with van der Waals surface area (Å²) in [4.78, 5) is 22.5. The lowest BCUT2D eigenvalue weighted by Gasteiger charge is -2.20. The van der Waals surface area contributed by atoms with Crippen LogP contribution < -0.4 is 10.6 Å². The molecule has 0 aromatic heterocycles. The fourth-order valence-corrected chi connectivity index (χ4v) is 1.25. The van der Waals surface area contributed by atoms with Crippen LogP contribution in [0.3, 0.4) is 0 Å². The van der Waals surface area contributed by atoms with E-state index >= 15 is 0 Å². The van der Waals surface area contributed by atoms with Crippen LogP contribution >= 0.6 is 11.6 Å². The molecule has 4 nitrogen and oxygen atoms in total. The first-order valence-corrected chi connectivity index (χ1v) is 6.02. The zero-order valence-corrected chi connectivity index (χ0v) is 11.0. The van der Waals surface area contributed by atoms with Gasteiger partial charge in [0, 0.05) is 30.8 Å². The van der Waals surface area contributed by atoms with Gasteiger partial charge in [-0.2, -0.15) is 0 Å². The predicted molar refractivity (Wildman–Crippen MR) is 65.5 cm³/mol. The van der Waals surface area contributed by atoms with Crippen LogP contribution in [0.2, 0.25) is 0 Å². The maximum Gasteiger partial charge on any atom is 0.222 e. The van der Waals surface area contributed by atoms with Gasteiger partial charge in [0.05, 0.1) is 0 Å². The fourth-order valence-electron chi connectivity index (χ4n) is 1.11. The Morgan fingerprint density at radius 3 is 2.25 bits per heavy atom. The number of nitrogens with one attached hydrogen (secondary N) is 2. The van der Waals surface area contributed by atoms with Gasteiger partial charge in [0.15, 0.2) is 0 Å². The Hall–Kier alpha value is -0.770. The molecule has 0 unspecified atom stereocenters. The van der Waals surface area contributed by atoms with Gasteiger partial charge in [0.1, 0.15) is 0 Å². The van der Waals surface area contributed by atoms with Crippen LogP contribution in [0.4, 0.5) is 0 Å². The van der Waals surface area contributed by atoms with Gasteiger partial charge in [-0.25, -0.2) is 0 Å². The topological polar surface area (TPSA) is 58.2 Å². The van der Waals surface area contributed by atoms with E-state index in [9.17, 15) is 9.59 Å². The summed E-state index contributed by atoms with van der Waals surface area (Å²) < 4.78 is 0. The first kappa shape index (κ1) is 15.2. The van der Waals surface area contributed by atoms with Crippen LogP contribution in [0.1, 0.15) is 40.0 Å². The van der Waals surface area contributed by atoms with E-state index in [0.717, 1.165) is 0 Å². The van der Waals surface area contributed by atoms with Crippen LogP contribution in [-0.4, -0.2) is 29.8 Å². The van der Waals surface area contributed by atoms with Crippen molar-refractivity contribution < 1.29 is 9.59 Å². The van der Waals surface area contributed by atoms with E-state index in [0.29, 0.717) is 31.7 Å². The minimum absolute atomic E-state index is 0.0508. The van der Waals surface area contributed by atoms with E-state index in [1.807, 2.05) is 20.8 Å². The molecule has 0 bridgehead atoms. The number of rotatable bonds is 6. The second-order valence-electron chi connectivity index (χ2n) is 4.69. The first-order valence-electron chi connectivity index (χ1n) is 5.49. The lowest BCUT2D eigenvalue weighted by Crippen LogP contribution is -2.41. The third kappa shape index (κ3) is 9.77. The number of amides is 2. The molecule has 0 radical (unpaired) electrons. The highest BCUT2D eigenvalue weighted by Crippen LogP contribution is 1.98. The summed E-state index contributed by atoms with van der Waals surface area (Å²) in [6, 6.07) is 0. The molecule has 16 heavy (non-hydrogen) atoms. The van der Waals surface area contributed by atoms with Crippen molar-refractivity contribution in [2.75, 3.05) is 12.4 Å². The van der Waals surface area contributed by atoms with Crippen LogP contribution in [-0.2, 0) is 9.59 Å². The van der Waals surface area contributed by atoms with E-state index in [-0.39, 0.29) is 17.4 Å². The van der Waals surface area contributed by atoms with Crippen molar-refractivity contribution in [3.05, 3.63) is 0 Å². The van der Waals surface area contributed by atoms with Crippen LogP contribution in [0.15, 0.2) is 0 Å². The van der Waals surface area contributed by atoms with Crippen molar-refractivity contribution in [3.8, 4) is 0 Å². The Bertz CT molecular complexity index is 237. The second kappa shape index (κ2) is 7.49. The molecule has 0 aliphatic carbocycles. The molecule has 0 spiro atoms. The Morgan fingerprint density at radius 2 is 1.75 bits per heavy atom.